The third-order valence-electron chi connectivity index (χ3n) is 3.00. The highest BCUT2D eigenvalue weighted by Gasteiger charge is 2.07. The van der Waals surface area contributed by atoms with Gasteiger partial charge in [0.05, 0.1) is 12.3 Å². The SMILES string of the molecule is COCCNCc1cc(C)nc(-c2cc(C)cc(F)c2)n1. The zero-order chi connectivity index (χ0) is 15.2. The highest BCUT2D eigenvalue weighted by Crippen LogP contribution is 2.19. The Bertz CT molecular complexity index is 596. The summed E-state index contributed by atoms with van der Waals surface area (Å²) in [4.78, 5) is 8.90. The van der Waals surface area contributed by atoms with Crippen LogP contribution in [0.4, 0.5) is 4.39 Å². The molecule has 0 spiro atoms. The maximum absolute atomic E-state index is 13.5. The first-order valence-corrected chi connectivity index (χ1v) is 6.90. The second kappa shape index (κ2) is 7.24. The van der Waals surface area contributed by atoms with Gasteiger partial charge in [-0.25, -0.2) is 14.4 Å². The first kappa shape index (κ1) is 15.5. The molecule has 2 aromatic rings. The normalized spacial score (nSPS) is 10.9. The lowest BCUT2D eigenvalue weighted by Gasteiger charge is -2.08. The molecule has 0 atom stereocenters. The van der Waals surface area contributed by atoms with Crippen LogP contribution in [0, 0.1) is 19.7 Å². The molecule has 0 amide bonds. The van der Waals surface area contributed by atoms with E-state index in [4.69, 9.17) is 4.74 Å². The van der Waals surface area contributed by atoms with E-state index in [1.165, 1.54) is 12.1 Å². The van der Waals surface area contributed by atoms with Crippen LogP contribution < -0.4 is 5.32 Å². The molecule has 1 aromatic heterocycles. The molecule has 21 heavy (non-hydrogen) atoms. The Hall–Kier alpha value is -1.85. The molecule has 0 unspecified atom stereocenters. The van der Waals surface area contributed by atoms with Gasteiger partial charge < -0.3 is 10.1 Å². The summed E-state index contributed by atoms with van der Waals surface area (Å²) >= 11 is 0. The van der Waals surface area contributed by atoms with E-state index < -0.39 is 0 Å². The van der Waals surface area contributed by atoms with E-state index in [-0.39, 0.29) is 5.82 Å². The van der Waals surface area contributed by atoms with E-state index in [2.05, 4.69) is 15.3 Å². The van der Waals surface area contributed by atoms with Gasteiger partial charge in [0.2, 0.25) is 0 Å². The maximum Gasteiger partial charge on any atom is 0.159 e. The number of methoxy groups -OCH3 is 1. The fourth-order valence-electron chi connectivity index (χ4n) is 2.11. The van der Waals surface area contributed by atoms with Crippen LogP contribution in [0.15, 0.2) is 24.3 Å². The number of rotatable bonds is 6. The summed E-state index contributed by atoms with van der Waals surface area (Å²) in [6.07, 6.45) is 0. The predicted molar refractivity (Wildman–Crippen MR) is 80.5 cm³/mol. The number of hydrogen-bond donors (Lipinski definition) is 1. The van der Waals surface area contributed by atoms with Gasteiger partial charge in [0.15, 0.2) is 5.82 Å². The Morgan fingerprint density at radius 3 is 2.67 bits per heavy atom. The standard InChI is InChI=1S/C16H20FN3O/c1-11-6-13(9-14(17)7-11)16-19-12(2)8-15(20-16)10-18-4-5-21-3/h6-9,18H,4-5,10H2,1-3H3. The van der Waals surface area contributed by atoms with Crippen molar-refractivity contribution in [3.05, 3.63) is 47.0 Å². The summed E-state index contributed by atoms with van der Waals surface area (Å²) < 4.78 is 18.5. The van der Waals surface area contributed by atoms with Crippen LogP contribution in [-0.2, 0) is 11.3 Å². The number of ether oxygens (including phenoxy) is 1. The fraction of sp³-hybridized carbons (Fsp3) is 0.375. The molecule has 0 saturated carbocycles. The number of halogens is 1. The molecule has 0 bridgehead atoms. The van der Waals surface area contributed by atoms with Gasteiger partial charge in [-0.3, -0.25) is 0 Å². The molecule has 5 heteroatoms. The number of nitrogens with zero attached hydrogens (tertiary/aromatic N) is 2. The van der Waals surface area contributed by atoms with Gasteiger partial charge in [0, 0.05) is 31.5 Å². The van der Waals surface area contributed by atoms with Crippen molar-refractivity contribution in [2.24, 2.45) is 0 Å². The predicted octanol–water partition coefficient (Wildman–Crippen LogP) is 2.64. The molecule has 0 saturated heterocycles. The molecule has 0 aliphatic rings. The van der Waals surface area contributed by atoms with Crippen molar-refractivity contribution in [2.75, 3.05) is 20.3 Å². The Kier molecular flexibility index (Phi) is 5.36. The molecule has 2 rings (SSSR count). The lowest BCUT2D eigenvalue weighted by molar-refractivity contribution is 0.199. The Morgan fingerprint density at radius 1 is 1.14 bits per heavy atom. The van der Waals surface area contributed by atoms with E-state index in [1.807, 2.05) is 26.0 Å². The highest BCUT2D eigenvalue weighted by molar-refractivity contribution is 5.56. The molecular weight excluding hydrogens is 269 g/mol. The molecular formula is C16H20FN3O. The summed E-state index contributed by atoms with van der Waals surface area (Å²) in [5.74, 6) is 0.288. The number of benzene rings is 1. The number of aromatic nitrogens is 2. The second-order valence-corrected chi connectivity index (χ2v) is 5.01. The minimum Gasteiger partial charge on any atom is -0.383 e. The average molecular weight is 289 g/mol. The lowest BCUT2D eigenvalue weighted by atomic mass is 10.1. The van der Waals surface area contributed by atoms with E-state index in [0.29, 0.717) is 24.5 Å². The van der Waals surface area contributed by atoms with Gasteiger partial charge in [-0.05, 0) is 43.7 Å². The molecule has 0 aliphatic carbocycles. The van der Waals surface area contributed by atoms with Crippen molar-refractivity contribution >= 4 is 0 Å². The molecule has 0 aliphatic heterocycles. The molecule has 1 aromatic carbocycles. The first-order valence-electron chi connectivity index (χ1n) is 6.90. The van der Waals surface area contributed by atoms with E-state index >= 15 is 0 Å². The third kappa shape index (κ3) is 4.58. The van der Waals surface area contributed by atoms with Gasteiger partial charge in [-0.2, -0.15) is 0 Å². The Labute approximate surface area is 124 Å². The zero-order valence-electron chi connectivity index (χ0n) is 12.6. The van der Waals surface area contributed by atoms with Gasteiger partial charge >= 0.3 is 0 Å². The fourth-order valence-corrected chi connectivity index (χ4v) is 2.11. The van der Waals surface area contributed by atoms with Crippen LogP contribution in [0.25, 0.3) is 11.4 Å². The summed E-state index contributed by atoms with van der Waals surface area (Å²) in [5, 5.41) is 3.24. The molecule has 0 radical (unpaired) electrons. The maximum atomic E-state index is 13.5. The molecule has 0 fully saturated rings. The number of nitrogens with one attached hydrogen (secondary N) is 1. The molecule has 1 heterocycles. The van der Waals surface area contributed by atoms with Crippen molar-refractivity contribution in [3.8, 4) is 11.4 Å². The molecule has 4 nitrogen and oxygen atoms in total. The van der Waals surface area contributed by atoms with Crippen LogP contribution >= 0.6 is 0 Å². The van der Waals surface area contributed by atoms with Crippen molar-refractivity contribution in [3.63, 3.8) is 0 Å². The van der Waals surface area contributed by atoms with E-state index in [1.54, 1.807) is 7.11 Å². The minimum absolute atomic E-state index is 0.269. The zero-order valence-corrected chi connectivity index (χ0v) is 12.6. The Morgan fingerprint density at radius 2 is 1.95 bits per heavy atom. The van der Waals surface area contributed by atoms with Crippen LogP contribution in [0.5, 0.6) is 0 Å². The largest absolute Gasteiger partial charge is 0.383 e. The van der Waals surface area contributed by atoms with Gasteiger partial charge in [-0.1, -0.05) is 0 Å². The van der Waals surface area contributed by atoms with Crippen molar-refractivity contribution in [1.82, 2.24) is 15.3 Å². The first-order chi connectivity index (χ1) is 10.1. The lowest BCUT2D eigenvalue weighted by Crippen LogP contribution is -2.19. The minimum atomic E-state index is -0.269. The summed E-state index contributed by atoms with van der Waals surface area (Å²) in [7, 11) is 1.67. The van der Waals surface area contributed by atoms with Crippen molar-refractivity contribution in [1.29, 1.82) is 0 Å². The third-order valence-corrected chi connectivity index (χ3v) is 3.00. The summed E-state index contributed by atoms with van der Waals surface area (Å²) in [6.45, 7) is 5.81. The summed E-state index contributed by atoms with van der Waals surface area (Å²) in [5.41, 5.74) is 3.31. The smallest absolute Gasteiger partial charge is 0.159 e. The summed E-state index contributed by atoms with van der Waals surface area (Å²) in [6, 6.07) is 6.77. The monoisotopic (exact) mass is 289 g/mol. The topological polar surface area (TPSA) is 47.0 Å². The van der Waals surface area contributed by atoms with E-state index in [9.17, 15) is 4.39 Å². The number of aryl methyl sites for hydroxylation is 2. The molecule has 1 N–H and O–H groups in total. The number of hydrogen-bond acceptors (Lipinski definition) is 4. The van der Waals surface area contributed by atoms with Gasteiger partial charge in [0.1, 0.15) is 5.82 Å². The van der Waals surface area contributed by atoms with Crippen LogP contribution in [-0.4, -0.2) is 30.2 Å². The quantitative estimate of drug-likeness (QED) is 0.831. The van der Waals surface area contributed by atoms with Crippen molar-refractivity contribution < 1.29 is 9.13 Å². The van der Waals surface area contributed by atoms with E-state index in [0.717, 1.165) is 23.5 Å². The van der Waals surface area contributed by atoms with Gasteiger partial charge in [0.25, 0.3) is 0 Å². The Balaban J connectivity index is 2.21. The average Bonchev–Trinajstić information content (AvgIpc) is 2.42. The molecule has 112 valence electrons. The highest BCUT2D eigenvalue weighted by atomic mass is 19.1. The van der Waals surface area contributed by atoms with Crippen LogP contribution in [0.2, 0.25) is 0 Å². The van der Waals surface area contributed by atoms with Crippen LogP contribution in [0.1, 0.15) is 17.0 Å². The van der Waals surface area contributed by atoms with Gasteiger partial charge in [-0.15, -0.1) is 0 Å². The van der Waals surface area contributed by atoms with Crippen LogP contribution in [0.3, 0.4) is 0 Å². The second-order valence-electron chi connectivity index (χ2n) is 5.01. The van der Waals surface area contributed by atoms with Crippen molar-refractivity contribution in [2.45, 2.75) is 20.4 Å².